The van der Waals surface area contributed by atoms with Gasteiger partial charge >= 0.3 is 0 Å². The first kappa shape index (κ1) is 17.2. The van der Waals surface area contributed by atoms with Crippen LogP contribution < -0.4 is 16.0 Å². The predicted molar refractivity (Wildman–Crippen MR) is 96.9 cm³/mol. The van der Waals surface area contributed by atoms with Crippen LogP contribution >= 0.6 is 0 Å². The average Bonchev–Trinajstić information content (AvgIpc) is 2.56. The lowest BCUT2D eigenvalue weighted by Crippen LogP contribution is -2.55. The van der Waals surface area contributed by atoms with Gasteiger partial charge in [-0.3, -0.25) is 4.79 Å². The summed E-state index contributed by atoms with van der Waals surface area (Å²) in [4.78, 5) is 19.5. The number of aryl methyl sites for hydroxylation is 1. The first-order chi connectivity index (χ1) is 11.5. The molecular weight excluding hydrogens is 300 g/mol. The van der Waals surface area contributed by atoms with Crippen molar-refractivity contribution in [3.63, 3.8) is 0 Å². The number of pyridine rings is 1. The van der Waals surface area contributed by atoms with E-state index in [0.29, 0.717) is 0 Å². The molecule has 1 saturated heterocycles. The molecule has 0 spiro atoms. The number of piperidine rings is 1. The summed E-state index contributed by atoms with van der Waals surface area (Å²) < 4.78 is 0. The van der Waals surface area contributed by atoms with Gasteiger partial charge in [0.25, 0.3) is 0 Å². The minimum Gasteiger partial charge on any atom is -0.356 e. The van der Waals surface area contributed by atoms with Gasteiger partial charge in [-0.1, -0.05) is 18.9 Å². The number of nitrogens with zero attached hydrogens (tertiary/aromatic N) is 2. The number of hydrogen-bond donors (Lipinski definition) is 2. The monoisotopic (exact) mass is 330 g/mol. The highest BCUT2D eigenvalue weighted by Gasteiger charge is 2.38. The standard InChI is InChI=1S/C19H30N4O/c1-14-6-7-17(21-13-14)23-11-8-15(9-12-23)22-18(24)16-5-3-4-10-19(16,2)20/h6-7,13,15-16H,3-5,8-12,20H2,1-2H3,(H,22,24). The second-order valence-electron chi connectivity index (χ2n) is 7.77. The molecule has 1 saturated carbocycles. The van der Waals surface area contributed by atoms with Crippen LogP contribution in [0.3, 0.4) is 0 Å². The van der Waals surface area contributed by atoms with Gasteiger partial charge in [0.1, 0.15) is 5.82 Å². The maximum atomic E-state index is 12.7. The lowest BCUT2D eigenvalue weighted by atomic mass is 9.74. The number of anilines is 1. The fourth-order valence-electron chi connectivity index (χ4n) is 3.99. The number of hydrogen-bond acceptors (Lipinski definition) is 4. The van der Waals surface area contributed by atoms with Crippen molar-refractivity contribution in [2.24, 2.45) is 11.7 Å². The topological polar surface area (TPSA) is 71.2 Å². The van der Waals surface area contributed by atoms with E-state index < -0.39 is 0 Å². The van der Waals surface area contributed by atoms with Gasteiger partial charge in [-0.05, 0) is 51.2 Å². The first-order valence-corrected chi connectivity index (χ1v) is 9.22. The third-order valence-electron chi connectivity index (χ3n) is 5.63. The molecule has 0 bridgehead atoms. The highest BCUT2D eigenvalue weighted by molar-refractivity contribution is 5.80. The summed E-state index contributed by atoms with van der Waals surface area (Å²) in [5.41, 5.74) is 7.19. The second-order valence-corrected chi connectivity index (χ2v) is 7.77. The van der Waals surface area contributed by atoms with Gasteiger partial charge in [0.05, 0.1) is 5.92 Å². The summed E-state index contributed by atoms with van der Waals surface area (Å²) in [5, 5.41) is 3.26. The zero-order valence-corrected chi connectivity index (χ0v) is 14.9. The molecule has 0 aromatic carbocycles. The summed E-state index contributed by atoms with van der Waals surface area (Å²) in [6.07, 6.45) is 7.97. The van der Waals surface area contributed by atoms with Gasteiger partial charge in [0, 0.05) is 30.9 Å². The maximum absolute atomic E-state index is 12.7. The van der Waals surface area contributed by atoms with Crippen LogP contribution in [0.4, 0.5) is 5.82 Å². The molecule has 2 atom stereocenters. The largest absolute Gasteiger partial charge is 0.356 e. The minimum atomic E-state index is -0.352. The minimum absolute atomic E-state index is 0.0388. The Morgan fingerprint density at radius 3 is 2.67 bits per heavy atom. The lowest BCUT2D eigenvalue weighted by Gasteiger charge is -2.39. The van der Waals surface area contributed by atoms with Gasteiger partial charge in [-0.2, -0.15) is 0 Å². The van der Waals surface area contributed by atoms with Crippen molar-refractivity contribution in [1.82, 2.24) is 10.3 Å². The summed E-state index contributed by atoms with van der Waals surface area (Å²) in [6, 6.07) is 4.44. The molecule has 0 radical (unpaired) electrons. The van der Waals surface area contributed by atoms with E-state index >= 15 is 0 Å². The number of aromatic nitrogens is 1. The van der Waals surface area contributed by atoms with Crippen molar-refractivity contribution in [2.75, 3.05) is 18.0 Å². The number of carbonyl (C=O) groups excluding carboxylic acids is 1. The molecule has 132 valence electrons. The molecule has 1 amide bonds. The lowest BCUT2D eigenvalue weighted by molar-refractivity contribution is -0.129. The predicted octanol–water partition coefficient (Wildman–Crippen LogP) is 2.38. The summed E-state index contributed by atoms with van der Waals surface area (Å²) in [7, 11) is 0. The number of nitrogens with two attached hydrogens (primary N) is 1. The first-order valence-electron chi connectivity index (χ1n) is 9.22. The van der Waals surface area contributed by atoms with Crippen molar-refractivity contribution >= 4 is 11.7 Å². The molecular formula is C19H30N4O. The number of nitrogens with one attached hydrogen (secondary N) is 1. The van der Waals surface area contributed by atoms with E-state index in [-0.39, 0.29) is 23.4 Å². The van der Waals surface area contributed by atoms with Gasteiger partial charge in [0.15, 0.2) is 0 Å². The molecule has 2 aliphatic rings. The van der Waals surface area contributed by atoms with Gasteiger partial charge in [-0.15, -0.1) is 0 Å². The number of amides is 1. The molecule has 5 heteroatoms. The highest BCUT2D eigenvalue weighted by atomic mass is 16.2. The Hall–Kier alpha value is -1.62. The molecule has 1 aliphatic carbocycles. The summed E-state index contributed by atoms with van der Waals surface area (Å²) in [6.45, 7) is 5.95. The molecule has 2 fully saturated rings. The van der Waals surface area contributed by atoms with E-state index in [0.717, 1.165) is 57.4 Å². The van der Waals surface area contributed by atoms with Crippen LogP contribution in [-0.2, 0) is 4.79 Å². The Morgan fingerprint density at radius 1 is 1.29 bits per heavy atom. The van der Waals surface area contributed by atoms with Crippen molar-refractivity contribution in [1.29, 1.82) is 0 Å². The van der Waals surface area contributed by atoms with E-state index in [1.54, 1.807) is 0 Å². The SMILES string of the molecule is Cc1ccc(N2CCC(NC(=O)C3CCCCC3(C)N)CC2)nc1. The van der Waals surface area contributed by atoms with Crippen LogP contribution in [0.15, 0.2) is 18.3 Å². The van der Waals surface area contributed by atoms with E-state index in [2.05, 4.69) is 34.3 Å². The molecule has 2 unspecified atom stereocenters. The number of rotatable bonds is 3. The van der Waals surface area contributed by atoms with Crippen LogP contribution in [0.25, 0.3) is 0 Å². The summed E-state index contributed by atoms with van der Waals surface area (Å²) >= 11 is 0. The van der Waals surface area contributed by atoms with Crippen LogP contribution in [0.5, 0.6) is 0 Å². The van der Waals surface area contributed by atoms with Gasteiger partial charge in [0.2, 0.25) is 5.91 Å². The quantitative estimate of drug-likeness (QED) is 0.892. The van der Waals surface area contributed by atoms with Crippen molar-refractivity contribution in [3.05, 3.63) is 23.9 Å². The van der Waals surface area contributed by atoms with Crippen molar-refractivity contribution in [2.45, 2.75) is 64.0 Å². The Bertz CT molecular complexity index is 561. The van der Waals surface area contributed by atoms with E-state index in [4.69, 9.17) is 5.73 Å². The van der Waals surface area contributed by atoms with Crippen LogP contribution in [0.1, 0.15) is 51.0 Å². The highest BCUT2D eigenvalue weighted by Crippen LogP contribution is 2.32. The molecule has 1 aromatic heterocycles. The van der Waals surface area contributed by atoms with E-state index in [1.165, 1.54) is 5.56 Å². The molecule has 3 N–H and O–H groups in total. The van der Waals surface area contributed by atoms with Gasteiger partial charge < -0.3 is 16.0 Å². The van der Waals surface area contributed by atoms with Crippen molar-refractivity contribution < 1.29 is 4.79 Å². The Balaban J connectivity index is 1.51. The zero-order chi connectivity index (χ0) is 17.2. The molecule has 24 heavy (non-hydrogen) atoms. The van der Waals surface area contributed by atoms with Crippen molar-refractivity contribution in [3.8, 4) is 0 Å². The maximum Gasteiger partial charge on any atom is 0.225 e. The zero-order valence-electron chi connectivity index (χ0n) is 14.9. The fourth-order valence-corrected chi connectivity index (χ4v) is 3.99. The Labute approximate surface area is 145 Å². The average molecular weight is 330 g/mol. The number of carbonyl (C=O) groups is 1. The van der Waals surface area contributed by atoms with E-state index in [9.17, 15) is 4.79 Å². The Kier molecular flexibility index (Phi) is 5.09. The third-order valence-corrected chi connectivity index (χ3v) is 5.63. The molecule has 5 nitrogen and oxygen atoms in total. The molecule has 1 aromatic rings. The van der Waals surface area contributed by atoms with Crippen LogP contribution in [-0.4, -0.2) is 35.6 Å². The normalized spacial score (nSPS) is 28.6. The van der Waals surface area contributed by atoms with Crippen LogP contribution in [0, 0.1) is 12.8 Å². The second kappa shape index (κ2) is 7.09. The van der Waals surface area contributed by atoms with E-state index in [1.807, 2.05) is 13.1 Å². The molecule has 3 rings (SSSR count). The van der Waals surface area contributed by atoms with Gasteiger partial charge in [-0.25, -0.2) is 4.98 Å². The fraction of sp³-hybridized carbons (Fsp3) is 0.684. The molecule has 2 heterocycles. The smallest absolute Gasteiger partial charge is 0.225 e. The molecule has 1 aliphatic heterocycles. The summed E-state index contributed by atoms with van der Waals surface area (Å²) in [5.74, 6) is 1.15. The third kappa shape index (κ3) is 3.89. The Morgan fingerprint density at radius 2 is 2.04 bits per heavy atom. The van der Waals surface area contributed by atoms with Crippen LogP contribution in [0.2, 0.25) is 0 Å².